The Morgan fingerprint density at radius 2 is 1.71 bits per heavy atom. The largest absolute Gasteiger partial charge is 0.493 e. The van der Waals surface area contributed by atoms with Gasteiger partial charge in [0.1, 0.15) is 0 Å². The maximum Gasteiger partial charge on any atom is 0.315 e. The Morgan fingerprint density at radius 3 is 2.43 bits per heavy atom. The van der Waals surface area contributed by atoms with Crippen LogP contribution < -0.4 is 20.1 Å². The molecule has 0 spiro atoms. The summed E-state index contributed by atoms with van der Waals surface area (Å²) in [7, 11) is 5.32. The van der Waals surface area contributed by atoms with Gasteiger partial charge < -0.3 is 25.0 Å². The summed E-state index contributed by atoms with van der Waals surface area (Å²) < 4.78 is 10.5. The van der Waals surface area contributed by atoms with Crippen LogP contribution in [-0.4, -0.2) is 45.3 Å². The minimum Gasteiger partial charge on any atom is -0.493 e. The third kappa shape index (κ3) is 6.78. The summed E-state index contributed by atoms with van der Waals surface area (Å²) in [6.45, 7) is 5.10. The molecule has 0 saturated heterocycles. The molecular formula is C22H31N3O3. The lowest BCUT2D eigenvalue weighted by atomic mass is 10.1. The van der Waals surface area contributed by atoms with Crippen LogP contribution in [0.2, 0.25) is 0 Å². The van der Waals surface area contributed by atoms with Crippen LogP contribution in [0, 0.1) is 0 Å². The number of nitrogens with zero attached hydrogens (tertiary/aromatic N) is 1. The topological polar surface area (TPSA) is 62.8 Å². The number of rotatable bonds is 10. The van der Waals surface area contributed by atoms with E-state index in [1.54, 1.807) is 14.2 Å². The zero-order chi connectivity index (χ0) is 20.4. The van der Waals surface area contributed by atoms with Crippen LogP contribution in [0.15, 0.2) is 42.5 Å². The SMILES string of the molecule is CCN(C)Cc1cccc(CNC(=O)NCCc2ccc(OC)c(OC)c2)c1. The van der Waals surface area contributed by atoms with E-state index in [9.17, 15) is 4.79 Å². The van der Waals surface area contributed by atoms with E-state index in [-0.39, 0.29) is 6.03 Å². The van der Waals surface area contributed by atoms with E-state index in [1.807, 2.05) is 30.3 Å². The Bertz CT molecular complexity index is 764. The third-order valence-corrected chi connectivity index (χ3v) is 4.58. The van der Waals surface area contributed by atoms with E-state index in [0.717, 1.165) is 24.2 Å². The van der Waals surface area contributed by atoms with Crippen LogP contribution in [-0.2, 0) is 19.5 Å². The number of methoxy groups -OCH3 is 2. The lowest BCUT2D eigenvalue weighted by Gasteiger charge is -2.14. The summed E-state index contributed by atoms with van der Waals surface area (Å²) in [4.78, 5) is 14.3. The first-order valence-corrected chi connectivity index (χ1v) is 9.54. The number of hydrogen-bond donors (Lipinski definition) is 2. The Hall–Kier alpha value is -2.73. The van der Waals surface area contributed by atoms with Gasteiger partial charge in [-0.2, -0.15) is 0 Å². The van der Waals surface area contributed by atoms with Crippen molar-refractivity contribution in [3.8, 4) is 11.5 Å². The quantitative estimate of drug-likeness (QED) is 0.659. The van der Waals surface area contributed by atoms with Crippen LogP contribution in [0.1, 0.15) is 23.6 Å². The van der Waals surface area contributed by atoms with Crippen molar-refractivity contribution in [1.29, 1.82) is 0 Å². The lowest BCUT2D eigenvalue weighted by molar-refractivity contribution is 0.240. The number of hydrogen-bond acceptors (Lipinski definition) is 4. The number of carbonyl (C=O) groups excluding carboxylic acids is 1. The van der Waals surface area contributed by atoms with Crippen molar-refractivity contribution in [2.24, 2.45) is 0 Å². The molecule has 0 heterocycles. The van der Waals surface area contributed by atoms with Crippen LogP contribution in [0.5, 0.6) is 11.5 Å². The number of urea groups is 1. The lowest BCUT2D eigenvalue weighted by Crippen LogP contribution is -2.36. The highest BCUT2D eigenvalue weighted by Crippen LogP contribution is 2.27. The van der Waals surface area contributed by atoms with Crippen molar-refractivity contribution in [1.82, 2.24) is 15.5 Å². The molecule has 0 unspecified atom stereocenters. The Kier molecular flexibility index (Phi) is 8.62. The summed E-state index contributed by atoms with van der Waals surface area (Å²) in [5, 5.41) is 5.81. The molecule has 0 bridgehead atoms. The molecule has 2 N–H and O–H groups in total. The van der Waals surface area contributed by atoms with Gasteiger partial charge in [0.05, 0.1) is 14.2 Å². The normalized spacial score (nSPS) is 10.6. The van der Waals surface area contributed by atoms with Gasteiger partial charge in [-0.05, 0) is 48.8 Å². The maximum absolute atomic E-state index is 12.1. The van der Waals surface area contributed by atoms with Crippen molar-refractivity contribution < 1.29 is 14.3 Å². The molecule has 6 nitrogen and oxygen atoms in total. The number of benzene rings is 2. The highest BCUT2D eigenvalue weighted by atomic mass is 16.5. The van der Waals surface area contributed by atoms with Gasteiger partial charge in [-0.3, -0.25) is 0 Å². The van der Waals surface area contributed by atoms with E-state index >= 15 is 0 Å². The Labute approximate surface area is 167 Å². The average molecular weight is 386 g/mol. The van der Waals surface area contributed by atoms with E-state index in [1.165, 1.54) is 5.56 Å². The van der Waals surface area contributed by atoms with E-state index in [2.05, 4.69) is 41.6 Å². The second-order valence-electron chi connectivity index (χ2n) is 6.70. The van der Waals surface area contributed by atoms with Gasteiger partial charge in [-0.1, -0.05) is 37.3 Å². The van der Waals surface area contributed by atoms with E-state index < -0.39 is 0 Å². The van der Waals surface area contributed by atoms with Gasteiger partial charge in [-0.25, -0.2) is 4.79 Å². The first kappa shape index (κ1) is 21.6. The molecule has 0 saturated carbocycles. The number of amides is 2. The van der Waals surface area contributed by atoms with Crippen molar-refractivity contribution in [3.05, 3.63) is 59.2 Å². The number of nitrogens with one attached hydrogen (secondary N) is 2. The molecule has 2 aromatic rings. The highest BCUT2D eigenvalue weighted by Gasteiger charge is 2.06. The summed E-state index contributed by atoms with van der Waals surface area (Å²) in [6, 6.07) is 13.9. The molecule has 0 radical (unpaired) electrons. The number of ether oxygens (including phenoxy) is 2. The fourth-order valence-electron chi connectivity index (χ4n) is 2.86. The standard InChI is InChI=1S/C22H31N3O3/c1-5-25(2)16-19-8-6-7-18(13-19)15-24-22(26)23-12-11-17-9-10-20(27-3)21(14-17)28-4/h6-10,13-14H,5,11-12,15-16H2,1-4H3,(H2,23,24,26). The molecule has 0 fully saturated rings. The molecule has 2 aromatic carbocycles. The summed E-state index contributed by atoms with van der Waals surface area (Å²) in [6.07, 6.45) is 0.715. The van der Waals surface area contributed by atoms with Gasteiger partial charge in [0.2, 0.25) is 0 Å². The summed E-state index contributed by atoms with van der Waals surface area (Å²) in [5.41, 5.74) is 3.42. The predicted molar refractivity (Wildman–Crippen MR) is 112 cm³/mol. The van der Waals surface area contributed by atoms with Crippen molar-refractivity contribution in [3.63, 3.8) is 0 Å². The predicted octanol–water partition coefficient (Wildman–Crippen LogP) is 3.20. The number of carbonyl (C=O) groups is 1. The smallest absolute Gasteiger partial charge is 0.315 e. The van der Waals surface area contributed by atoms with Crippen LogP contribution >= 0.6 is 0 Å². The van der Waals surface area contributed by atoms with Gasteiger partial charge >= 0.3 is 6.03 Å². The third-order valence-electron chi connectivity index (χ3n) is 4.58. The maximum atomic E-state index is 12.1. The fraction of sp³-hybridized carbons (Fsp3) is 0.409. The minimum absolute atomic E-state index is 0.170. The fourth-order valence-corrected chi connectivity index (χ4v) is 2.86. The summed E-state index contributed by atoms with van der Waals surface area (Å²) in [5.74, 6) is 1.39. The first-order valence-electron chi connectivity index (χ1n) is 9.54. The van der Waals surface area contributed by atoms with Crippen LogP contribution in [0.4, 0.5) is 4.79 Å². The second kappa shape index (κ2) is 11.2. The molecule has 152 valence electrons. The van der Waals surface area contributed by atoms with Crippen LogP contribution in [0.25, 0.3) is 0 Å². The molecule has 6 heteroatoms. The van der Waals surface area contributed by atoms with Crippen LogP contribution in [0.3, 0.4) is 0 Å². The van der Waals surface area contributed by atoms with E-state index in [0.29, 0.717) is 31.0 Å². The highest BCUT2D eigenvalue weighted by molar-refractivity contribution is 5.73. The Morgan fingerprint density at radius 1 is 0.964 bits per heavy atom. The van der Waals surface area contributed by atoms with E-state index in [4.69, 9.17) is 9.47 Å². The molecule has 0 atom stereocenters. The zero-order valence-corrected chi connectivity index (χ0v) is 17.2. The monoisotopic (exact) mass is 385 g/mol. The molecule has 0 aliphatic carbocycles. The van der Waals surface area contributed by atoms with Gasteiger partial charge in [-0.15, -0.1) is 0 Å². The van der Waals surface area contributed by atoms with Crippen molar-refractivity contribution in [2.75, 3.05) is 34.4 Å². The first-order chi connectivity index (χ1) is 13.5. The average Bonchev–Trinajstić information content (AvgIpc) is 2.72. The minimum atomic E-state index is -0.170. The second-order valence-corrected chi connectivity index (χ2v) is 6.70. The van der Waals surface area contributed by atoms with Gasteiger partial charge in [0.25, 0.3) is 0 Å². The van der Waals surface area contributed by atoms with Gasteiger partial charge in [0, 0.05) is 19.6 Å². The summed E-state index contributed by atoms with van der Waals surface area (Å²) >= 11 is 0. The van der Waals surface area contributed by atoms with Gasteiger partial charge in [0.15, 0.2) is 11.5 Å². The molecule has 28 heavy (non-hydrogen) atoms. The molecule has 0 aliphatic heterocycles. The van der Waals surface area contributed by atoms with Crippen molar-refractivity contribution >= 4 is 6.03 Å². The Balaban J connectivity index is 1.77. The molecule has 0 aromatic heterocycles. The molecule has 2 amide bonds. The zero-order valence-electron chi connectivity index (χ0n) is 17.2. The van der Waals surface area contributed by atoms with Crippen molar-refractivity contribution in [2.45, 2.75) is 26.4 Å². The molecule has 0 aliphatic rings. The molecule has 2 rings (SSSR count). The molecular weight excluding hydrogens is 354 g/mol.